The molecule has 0 radical (unpaired) electrons. The first-order valence-corrected chi connectivity index (χ1v) is 6.67. The van der Waals surface area contributed by atoms with Gasteiger partial charge in [0.25, 0.3) is 0 Å². The molecule has 0 saturated carbocycles. The molecule has 0 spiro atoms. The van der Waals surface area contributed by atoms with Crippen molar-refractivity contribution in [3.8, 4) is 11.1 Å². The van der Waals surface area contributed by atoms with Crippen molar-refractivity contribution in [3.05, 3.63) is 60.2 Å². The van der Waals surface area contributed by atoms with Crippen LogP contribution < -0.4 is 0 Å². The van der Waals surface area contributed by atoms with Crippen molar-refractivity contribution >= 4 is 11.6 Å². The molecule has 2 heteroatoms. The fourth-order valence-corrected chi connectivity index (χ4v) is 2.62. The van der Waals surface area contributed by atoms with E-state index in [9.17, 15) is 0 Å². The second kappa shape index (κ2) is 4.75. The van der Waals surface area contributed by atoms with Crippen LogP contribution in [0, 0.1) is 0 Å². The second-order valence-corrected chi connectivity index (χ2v) is 5.12. The number of alkyl halides is 1. The average molecular weight is 259 g/mol. The molecule has 0 amide bonds. The molecule has 3 rings (SSSR count). The van der Waals surface area contributed by atoms with E-state index in [0.717, 1.165) is 13.2 Å². The largest absolute Gasteiger partial charge is 0.379 e. The first kappa shape index (κ1) is 11.8. The van der Waals surface area contributed by atoms with Gasteiger partial charge in [0, 0.05) is 5.88 Å². The summed E-state index contributed by atoms with van der Waals surface area (Å²) >= 11 is 6.07. The molecule has 0 aliphatic carbocycles. The van der Waals surface area contributed by atoms with Crippen molar-refractivity contribution in [2.24, 2.45) is 0 Å². The van der Waals surface area contributed by atoms with E-state index in [2.05, 4.69) is 48.5 Å². The summed E-state index contributed by atoms with van der Waals surface area (Å²) in [4.78, 5) is 0. The Labute approximate surface area is 112 Å². The fourth-order valence-electron chi connectivity index (χ4n) is 2.32. The summed E-state index contributed by atoms with van der Waals surface area (Å²) in [7, 11) is 0. The summed E-state index contributed by atoms with van der Waals surface area (Å²) in [5.41, 5.74) is 3.80. The van der Waals surface area contributed by atoms with Gasteiger partial charge >= 0.3 is 0 Å². The second-order valence-electron chi connectivity index (χ2n) is 4.85. The molecular weight excluding hydrogens is 244 g/mol. The van der Waals surface area contributed by atoms with Crippen molar-refractivity contribution in [1.82, 2.24) is 0 Å². The Morgan fingerprint density at radius 2 is 1.50 bits per heavy atom. The van der Waals surface area contributed by atoms with Crippen LogP contribution in [0.15, 0.2) is 54.6 Å². The Kier molecular flexibility index (Phi) is 3.11. The summed E-state index contributed by atoms with van der Waals surface area (Å²) in [6, 6.07) is 19.1. The van der Waals surface area contributed by atoms with Gasteiger partial charge in [-0.3, -0.25) is 0 Å². The SMILES string of the molecule is ClCC1(c2ccc(-c3ccccc3)cc2)COC1. The van der Waals surface area contributed by atoms with Crippen molar-refractivity contribution in [2.45, 2.75) is 5.41 Å². The van der Waals surface area contributed by atoms with Gasteiger partial charge in [0.05, 0.1) is 18.6 Å². The molecule has 0 atom stereocenters. The molecule has 0 N–H and O–H groups in total. The van der Waals surface area contributed by atoms with Crippen molar-refractivity contribution in [1.29, 1.82) is 0 Å². The normalized spacial score (nSPS) is 17.2. The fraction of sp³-hybridized carbons (Fsp3) is 0.250. The molecule has 2 aromatic rings. The Balaban J connectivity index is 1.90. The number of hydrogen-bond donors (Lipinski definition) is 0. The molecule has 1 aliphatic rings. The highest BCUT2D eigenvalue weighted by atomic mass is 35.5. The predicted molar refractivity (Wildman–Crippen MR) is 75.1 cm³/mol. The topological polar surface area (TPSA) is 9.23 Å². The van der Waals surface area contributed by atoms with Crippen LogP contribution in [0.4, 0.5) is 0 Å². The molecule has 1 nitrogen and oxygen atoms in total. The van der Waals surface area contributed by atoms with Crippen LogP contribution in [0.3, 0.4) is 0 Å². The summed E-state index contributed by atoms with van der Waals surface area (Å²) in [5.74, 6) is 0.623. The zero-order chi connectivity index (χ0) is 12.4. The molecule has 18 heavy (non-hydrogen) atoms. The number of rotatable bonds is 3. The third kappa shape index (κ3) is 1.94. The van der Waals surface area contributed by atoms with Crippen LogP contribution in [0.5, 0.6) is 0 Å². The lowest BCUT2D eigenvalue weighted by Crippen LogP contribution is -2.48. The molecule has 1 aliphatic heterocycles. The third-order valence-corrected chi connectivity index (χ3v) is 4.13. The van der Waals surface area contributed by atoms with E-state index in [1.165, 1.54) is 16.7 Å². The number of hydrogen-bond acceptors (Lipinski definition) is 1. The van der Waals surface area contributed by atoms with E-state index in [-0.39, 0.29) is 5.41 Å². The van der Waals surface area contributed by atoms with Gasteiger partial charge in [-0.05, 0) is 16.7 Å². The van der Waals surface area contributed by atoms with Crippen LogP contribution in [-0.2, 0) is 10.2 Å². The van der Waals surface area contributed by atoms with E-state index in [1.54, 1.807) is 0 Å². The van der Waals surface area contributed by atoms with Crippen LogP contribution in [0.25, 0.3) is 11.1 Å². The standard InChI is InChI=1S/C16H15ClO/c17-10-16(11-18-12-16)15-8-6-14(7-9-15)13-4-2-1-3-5-13/h1-9H,10-12H2. The third-order valence-electron chi connectivity index (χ3n) is 3.62. The Morgan fingerprint density at radius 1 is 0.889 bits per heavy atom. The lowest BCUT2D eigenvalue weighted by molar-refractivity contribution is -0.0479. The lowest BCUT2D eigenvalue weighted by atomic mass is 9.80. The van der Waals surface area contributed by atoms with Gasteiger partial charge in [-0.15, -0.1) is 11.6 Å². The molecule has 0 bridgehead atoms. The van der Waals surface area contributed by atoms with Gasteiger partial charge in [-0.2, -0.15) is 0 Å². The molecule has 0 unspecified atom stereocenters. The van der Waals surface area contributed by atoms with Crippen molar-refractivity contribution in [3.63, 3.8) is 0 Å². The van der Waals surface area contributed by atoms with Crippen LogP contribution in [-0.4, -0.2) is 19.1 Å². The van der Waals surface area contributed by atoms with E-state index >= 15 is 0 Å². The van der Waals surface area contributed by atoms with Crippen LogP contribution in [0.1, 0.15) is 5.56 Å². The zero-order valence-electron chi connectivity index (χ0n) is 10.1. The molecular formula is C16H15ClO. The maximum atomic E-state index is 6.07. The molecule has 92 valence electrons. The number of ether oxygens (including phenoxy) is 1. The molecule has 1 saturated heterocycles. The highest BCUT2D eigenvalue weighted by Gasteiger charge is 2.39. The quantitative estimate of drug-likeness (QED) is 0.760. The maximum Gasteiger partial charge on any atom is 0.0597 e. The lowest BCUT2D eigenvalue weighted by Gasteiger charge is -2.40. The first-order valence-electron chi connectivity index (χ1n) is 6.14. The van der Waals surface area contributed by atoms with Gasteiger partial charge in [0.1, 0.15) is 0 Å². The van der Waals surface area contributed by atoms with Crippen molar-refractivity contribution < 1.29 is 4.74 Å². The zero-order valence-corrected chi connectivity index (χ0v) is 10.9. The van der Waals surface area contributed by atoms with Crippen molar-refractivity contribution in [2.75, 3.05) is 19.1 Å². The minimum absolute atomic E-state index is 0.0385. The predicted octanol–water partition coefficient (Wildman–Crippen LogP) is 3.86. The Bertz CT molecular complexity index is 509. The van der Waals surface area contributed by atoms with Crippen LogP contribution >= 0.6 is 11.6 Å². The van der Waals surface area contributed by atoms with E-state index in [1.807, 2.05) is 6.07 Å². The Morgan fingerprint density at radius 3 is 2.00 bits per heavy atom. The summed E-state index contributed by atoms with van der Waals surface area (Å²) < 4.78 is 5.31. The minimum Gasteiger partial charge on any atom is -0.379 e. The highest BCUT2D eigenvalue weighted by Crippen LogP contribution is 2.34. The summed E-state index contributed by atoms with van der Waals surface area (Å²) in [5, 5.41) is 0. The molecule has 2 aromatic carbocycles. The molecule has 0 aromatic heterocycles. The smallest absolute Gasteiger partial charge is 0.0597 e. The van der Waals surface area contributed by atoms with Crippen LogP contribution in [0.2, 0.25) is 0 Å². The number of halogens is 1. The van der Waals surface area contributed by atoms with E-state index in [0.29, 0.717) is 5.88 Å². The van der Waals surface area contributed by atoms with Gasteiger partial charge < -0.3 is 4.74 Å². The Hall–Kier alpha value is -1.31. The molecule has 1 heterocycles. The minimum atomic E-state index is 0.0385. The molecule has 1 fully saturated rings. The van der Waals surface area contributed by atoms with Gasteiger partial charge in [0.15, 0.2) is 0 Å². The number of benzene rings is 2. The van der Waals surface area contributed by atoms with Gasteiger partial charge in [-0.1, -0.05) is 54.6 Å². The highest BCUT2D eigenvalue weighted by molar-refractivity contribution is 6.18. The van der Waals surface area contributed by atoms with E-state index < -0.39 is 0 Å². The maximum absolute atomic E-state index is 6.07. The van der Waals surface area contributed by atoms with Gasteiger partial charge in [-0.25, -0.2) is 0 Å². The summed E-state index contributed by atoms with van der Waals surface area (Å²) in [6.07, 6.45) is 0. The monoisotopic (exact) mass is 258 g/mol. The first-order chi connectivity index (χ1) is 8.84. The van der Waals surface area contributed by atoms with E-state index in [4.69, 9.17) is 16.3 Å². The average Bonchev–Trinajstić information content (AvgIpc) is 2.40. The van der Waals surface area contributed by atoms with Gasteiger partial charge in [0.2, 0.25) is 0 Å². The summed E-state index contributed by atoms with van der Waals surface area (Å²) in [6.45, 7) is 1.47.